The molecule has 0 bridgehead atoms. The standard InChI is InChI=1S/C12H20F2O/c1-3-4-5-6-7-8-11(15)9-10-12(2,13)14/h11,15H,3-8H2,1-2H3. The van der Waals surface area contributed by atoms with Gasteiger partial charge in [-0.3, -0.25) is 0 Å². The average Bonchev–Trinajstić information content (AvgIpc) is 2.13. The van der Waals surface area contributed by atoms with Crippen LogP contribution in [0.15, 0.2) is 0 Å². The summed E-state index contributed by atoms with van der Waals surface area (Å²) < 4.78 is 24.6. The normalized spacial score (nSPS) is 13.1. The van der Waals surface area contributed by atoms with Gasteiger partial charge in [-0.25, -0.2) is 0 Å². The molecule has 0 aliphatic carbocycles. The Kier molecular flexibility index (Phi) is 7.33. The molecule has 0 saturated carbocycles. The lowest BCUT2D eigenvalue weighted by atomic mass is 10.1. The van der Waals surface area contributed by atoms with E-state index in [-0.39, 0.29) is 0 Å². The Hall–Kier alpha value is -0.620. The Bertz CT molecular complexity index is 210. The van der Waals surface area contributed by atoms with Crippen molar-refractivity contribution in [2.75, 3.05) is 0 Å². The molecule has 3 heteroatoms. The van der Waals surface area contributed by atoms with Crippen LogP contribution in [0.2, 0.25) is 0 Å². The van der Waals surface area contributed by atoms with Crippen molar-refractivity contribution in [1.82, 2.24) is 0 Å². The van der Waals surface area contributed by atoms with Gasteiger partial charge < -0.3 is 5.11 Å². The molecule has 88 valence electrons. The fourth-order valence-corrected chi connectivity index (χ4v) is 1.22. The van der Waals surface area contributed by atoms with Gasteiger partial charge in [-0.15, -0.1) is 0 Å². The Labute approximate surface area is 90.9 Å². The highest BCUT2D eigenvalue weighted by Gasteiger charge is 2.16. The van der Waals surface area contributed by atoms with E-state index < -0.39 is 12.0 Å². The van der Waals surface area contributed by atoms with Crippen molar-refractivity contribution in [2.45, 2.75) is 64.4 Å². The van der Waals surface area contributed by atoms with Gasteiger partial charge >= 0.3 is 5.92 Å². The van der Waals surface area contributed by atoms with Crippen molar-refractivity contribution in [2.24, 2.45) is 0 Å². The minimum Gasteiger partial charge on any atom is -0.380 e. The van der Waals surface area contributed by atoms with Gasteiger partial charge in [0, 0.05) is 6.92 Å². The number of aliphatic hydroxyl groups is 1. The second kappa shape index (κ2) is 7.64. The van der Waals surface area contributed by atoms with Crippen LogP contribution in [0, 0.1) is 11.8 Å². The summed E-state index contributed by atoms with van der Waals surface area (Å²) in [6, 6.07) is 0. The first kappa shape index (κ1) is 14.4. The smallest absolute Gasteiger partial charge is 0.305 e. The van der Waals surface area contributed by atoms with Gasteiger partial charge in [0.2, 0.25) is 0 Å². The van der Waals surface area contributed by atoms with E-state index in [1.54, 1.807) is 5.92 Å². The molecular formula is C12H20F2O. The second-order valence-electron chi connectivity index (χ2n) is 3.88. The highest BCUT2D eigenvalue weighted by Crippen LogP contribution is 2.10. The van der Waals surface area contributed by atoms with E-state index in [0.29, 0.717) is 6.42 Å². The van der Waals surface area contributed by atoms with E-state index in [1.165, 1.54) is 12.8 Å². The number of hydrogen-bond donors (Lipinski definition) is 1. The van der Waals surface area contributed by atoms with Crippen LogP contribution in [0.25, 0.3) is 0 Å². The number of hydrogen-bond acceptors (Lipinski definition) is 1. The van der Waals surface area contributed by atoms with Gasteiger partial charge in [0.25, 0.3) is 0 Å². The predicted octanol–water partition coefficient (Wildman–Crippen LogP) is 3.37. The summed E-state index contributed by atoms with van der Waals surface area (Å²) >= 11 is 0. The van der Waals surface area contributed by atoms with Crippen LogP contribution in [0.4, 0.5) is 8.78 Å². The predicted molar refractivity (Wildman–Crippen MR) is 57.8 cm³/mol. The summed E-state index contributed by atoms with van der Waals surface area (Å²) in [6.07, 6.45) is 4.98. The quantitative estimate of drug-likeness (QED) is 0.535. The molecule has 0 radical (unpaired) electrons. The van der Waals surface area contributed by atoms with Crippen LogP contribution in [-0.4, -0.2) is 17.1 Å². The maximum Gasteiger partial charge on any atom is 0.305 e. The monoisotopic (exact) mass is 218 g/mol. The van der Waals surface area contributed by atoms with Gasteiger partial charge in [0.15, 0.2) is 0 Å². The molecule has 0 spiro atoms. The largest absolute Gasteiger partial charge is 0.380 e. The summed E-state index contributed by atoms with van der Waals surface area (Å²) in [5.41, 5.74) is 0. The highest BCUT2D eigenvalue weighted by molar-refractivity contribution is 5.11. The molecule has 0 rings (SSSR count). The number of alkyl halides is 2. The third kappa shape index (κ3) is 11.3. The van der Waals surface area contributed by atoms with Crippen LogP contribution in [-0.2, 0) is 0 Å². The van der Waals surface area contributed by atoms with Gasteiger partial charge in [0.05, 0.1) is 0 Å². The molecule has 1 nitrogen and oxygen atoms in total. The minimum absolute atomic E-state index is 0.493. The van der Waals surface area contributed by atoms with Crippen LogP contribution >= 0.6 is 0 Å². The van der Waals surface area contributed by atoms with Crippen LogP contribution < -0.4 is 0 Å². The highest BCUT2D eigenvalue weighted by atomic mass is 19.3. The fourth-order valence-electron chi connectivity index (χ4n) is 1.22. The third-order valence-electron chi connectivity index (χ3n) is 2.04. The SMILES string of the molecule is CCCCCCCC(O)C#CC(C)(F)F. The number of halogens is 2. The van der Waals surface area contributed by atoms with Crippen molar-refractivity contribution >= 4 is 0 Å². The van der Waals surface area contributed by atoms with Gasteiger partial charge in [-0.2, -0.15) is 8.78 Å². The molecule has 0 fully saturated rings. The first-order valence-electron chi connectivity index (χ1n) is 5.54. The zero-order valence-corrected chi connectivity index (χ0v) is 9.52. The van der Waals surface area contributed by atoms with Crippen molar-refractivity contribution in [3.05, 3.63) is 0 Å². The lowest BCUT2D eigenvalue weighted by molar-refractivity contribution is 0.0879. The lowest BCUT2D eigenvalue weighted by Crippen LogP contribution is -2.08. The van der Waals surface area contributed by atoms with Crippen molar-refractivity contribution in [3.63, 3.8) is 0 Å². The second-order valence-corrected chi connectivity index (χ2v) is 3.88. The molecule has 1 unspecified atom stereocenters. The van der Waals surface area contributed by atoms with E-state index in [9.17, 15) is 13.9 Å². The molecule has 1 N–H and O–H groups in total. The van der Waals surface area contributed by atoms with E-state index in [4.69, 9.17) is 0 Å². The summed E-state index contributed by atoms with van der Waals surface area (Å²) in [5.74, 6) is 0.913. The first-order valence-corrected chi connectivity index (χ1v) is 5.54. The number of aliphatic hydroxyl groups excluding tert-OH is 1. The molecule has 0 saturated heterocycles. The molecular weight excluding hydrogens is 198 g/mol. The van der Waals surface area contributed by atoms with Crippen molar-refractivity contribution < 1.29 is 13.9 Å². The molecule has 1 atom stereocenters. The van der Waals surface area contributed by atoms with Crippen LogP contribution in [0.1, 0.15) is 52.4 Å². The van der Waals surface area contributed by atoms with Crippen LogP contribution in [0.3, 0.4) is 0 Å². The topological polar surface area (TPSA) is 20.2 Å². The van der Waals surface area contributed by atoms with Crippen molar-refractivity contribution in [3.8, 4) is 11.8 Å². The molecule has 0 aromatic carbocycles. The lowest BCUT2D eigenvalue weighted by Gasteiger charge is -2.04. The molecule has 0 heterocycles. The third-order valence-corrected chi connectivity index (χ3v) is 2.04. The fraction of sp³-hybridized carbons (Fsp3) is 0.833. The van der Waals surface area contributed by atoms with Gasteiger partial charge in [-0.1, -0.05) is 38.5 Å². The molecule has 0 aliphatic heterocycles. The Morgan fingerprint density at radius 3 is 2.33 bits per heavy atom. The van der Waals surface area contributed by atoms with E-state index in [0.717, 1.165) is 26.2 Å². The summed E-state index contributed by atoms with van der Waals surface area (Å²) in [4.78, 5) is 0. The maximum absolute atomic E-state index is 12.3. The summed E-state index contributed by atoms with van der Waals surface area (Å²) in [5, 5.41) is 9.26. The maximum atomic E-state index is 12.3. The summed E-state index contributed by atoms with van der Waals surface area (Å²) in [6.45, 7) is 2.86. The summed E-state index contributed by atoms with van der Waals surface area (Å²) in [7, 11) is 0. The first-order chi connectivity index (χ1) is 6.95. The van der Waals surface area contributed by atoms with Gasteiger partial charge in [-0.05, 0) is 18.8 Å². The Morgan fingerprint density at radius 2 is 1.80 bits per heavy atom. The van der Waals surface area contributed by atoms with E-state index in [2.05, 4.69) is 12.8 Å². The molecule has 0 amide bonds. The number of rotatable bonds is 6. The Balaban J connectivity index is 3.56. The molecule has 15 heavy (non-hydrogen) atoms. The Morgan fingerprint density at radius 1 is 1.20 bits per heavy atom. The van der Waals surface area contributed by atoms with E-state index in [1.807, 2.05) is 0 Å². The molecule has 0 aliphatic rings. The zero-order chi connectivity index (χ0) is 11.7. The van der Waals surface area contributed by atoms with Crippen molar-refractivity contribution in [1.29, 1.82) is 0 Å². The van der Waals surface area contributed by atoms with Gasteiger partial charge in [0.1, 0.15) is 6.10 Å². The minimum atomic E-state index is -3.00. The average molecular weight is 218 g/mol. The van der Waals surface area contributed by atoms with E-state index >= 15 is 0 Å². The number of unbranched alkanes of at least 4 members (excludes halogenated alkanes) is 4. The molecule has 0 aromatic heterocycles. The zero-order valence-electron chi connectivity index (χ0n) is 9.52. The molecule has 0 aromatic rings. The van der Waals surface area contributed by atoms with Crippen LogP contribution in [0.5, 0.6) is 0 Å².